The normalized spacial score (nSPS) is 13.7. The van der Waals surface area contributed by atoms with Crippen molar-refractivity contribution in [2.45, 2.75) is 25.2 Å². The maximum Gasteiger partial charge on any atom is 0.180 e. The van der Waals surface area contributed by atoms with E-state index in [1.165, 1.54) is 0 Å². The summed E-state index contributed by atoms with van der Waals surface area (Å²) in [5.74, 6) is 0.326. The summed E-state index contributed by atoms with van der Waals surface area (Å²) in [6.45, 7) is 3.91. The van der Waals surface area contributed by atoms with E-state index in [0.717, 1.165) is 6.42 Å². The van der Waals surface area contributed by atoms with Crippen molar-refractivity contribution in [1.82, 2.24) is 0 Å². The van der Waals surface area contributed by atoms with Gasteiger partial charge in [0.25, 0.3) is 0 Å². The Morgan fingerprint density at radius 3 is 2.47 bits per heavy atom. The van der Waals surface area contributed by atoms with Gasteiger partial charge in [-0.3, -0.25) is 0 Å². The minimum atomic E-state index is -3.23. The highest BCUT2D eigenvalue weighted by Crippen LogP contribution is 2.21. The SMILES string of the molecule is CCC(C)CS(=O)(=O)c1ccccc1N. The summed E-state index contributed by atoms with van der Waals surface area (Å²) < 4.78 is 23.9. The molecular formula is C11H17NO2S. The summed E-state index contributed by atoms with van der Waals surface area (Å²) in [5.41, 5.74) is 5.98. The minimum absolute atomic E-state index is 0.162. The number of benzene rings is 1. The highest BCUT2D eigenvalue weighted by atomic mass is 32.2. The topological polar surface area (TPSA) is 60.2 Å². The van der Waals surface area contributed by atoms with Crippen molar-refractivity contribution in [3.8, 4) is 0 Å². The Morgan fingerprint density at radius 2 is 1.93 bits per heavy atom. The predicted octanol–water partition coefficient (Wildman–Crippen LogP) is 2.09. The second-order valence-corrected chi connectivity index (χ2v) is 5.84. The molecule has 0 saturated heterocycles. The molecule has 15 heavy (non-hydrogen) atoms. The molecule has 0 spiro atoms. The maximum atomic E-state index is 11.9. The molecule has 0 saturated carbocycles. The first-order valence-corrected chi connectivity index (χ1v) is 6.70. The Bertz CT molecular complexity index is 426. The van der Waals surface area contributed by atoms with Crippen molar-refractivity contribution >= 4 is 15.5 Å². The molecule has 0 aliphatic heterocycles. The number of anilines is 1. The lowest BCUT2D eigenvalue weighted by Gasteiger charge is -2.10. The zero-order chi connectivity index (χ0) is 11.5. The maximum absolute atomic E-state index is 11.9. The number of sulfone groups is 1. The van der Waals surface area contributed by atoms with E-state index in [0.29, 0.717) is 5.69 Å². The molecule has 0 heterocycles. The van der Waals surface area contributed by atoms with Crippen LogP contribution in [0.25, 0.3) is 0 Å². The average molecular weight is 227 g/mol. The van der Waals surface area contributed by atoms with E-state index in [1.54, 1.807) is 24.3 Å². The van der Waals surface area contributed by atoms with Crippen LogP contribution in [0.3, 0.4) is 0 Å². The highest BCUT2D eigenvalue weighted by molar-refractivity contribution is 7.91. The van der Waals surface area contributed by atoms with Crippen LogP contribution in [0.15, 0.2) is 29.2 Å². The minimum Gasteiger partial charge on any atom is -0.398 e. The molecule has 0 aliphatic carbocycles. The quantitative estimate of drug-likeness (QED) is 0.801. The molecule has 0 amide bonds. The standard InChI is InChI=1S/C11H17NO2S/c1-3-9(2)8-15(13,14)11-7-5-4-6-10(11)12/h4-7,9H,3,8,12H2,1-2H3. The van der Waals surface area contributed by atoms with Gasteiger partial charge >= 0.3 is 0 Å². The lowest BCUT2D eigenvalue weighted by atomic mass is 10.2. The van der Waals surface area contributed by atoms with Crippen LogP contribution in [0.4, 0.5) is 5.69 Å². The second-order valence-electron chi connectivity index (χ2n) is 3.83. The number of para-hydroxylation sites is 1. The molecule has 2 N–H and O–H groups in total. The van der Waals surface area contributed by atoms with Gasteiger partial charge in [-0.05, 0) is 18.1 Å². The summed E-state index contributed by atoms with van der Waals surface area (Å²) in [7, 11) is -3.23. The number of hydrogen-bond acceptors (Lipinski definition) is 3. The van der Waals surface area contributed by atoms with Crippen LogP contribution in [0.1, 0.15) is 20.3 Å². The van der Waals surface area contributed by atoms with E-state index in [9.17, 15) is 8.42 Å². The van der Waals surface area contributed by atoms with E-state index in [-0.39, 0.29) is 16.6 Å². The van der Waals surface area contributed by atoms with Crippen molar-refractivity contribution in [2.75, 3.05) is 11.5 Å². The number of rotatable bonds is 4. The van der Waals surface area contributed by atoms with Crippen LogP contribution in [0.2, 0.25) is 0 Å². The smallest absolute Gasteiger partial charge is 0.180 e. The van der Waals surface area contributed by atoms with Crippen molar-refractivity contribution in [3.63, 3.8) is 0 Å². The van der Waals surface area contributed by atoms with Gasteiger partial charge in [0.2, 0.25) is 0 Å². The molecule has 3 nitrogen and oxygen atoms in total. The zero-order valence-electron chi connectivity index (χ0n) is 9.10. The first kappa shape index (κ1) is 12.0. The van der Waals surface area contributed by atoms with Gasteiger partial charge in [0, 0.05) is 0 Å². The summed E-state index contributed by atoms with van der Waals surface area (Å²) in [6.07, 6.45) is 0.853. The van der Waals surface area contributed by atoms with Crippen LogP contribution in [-0.2, 0) is 9.84 Å². The molecule has 1 rings (SSSR count). The first-order chi connectivity index (χ1) is 6.97. The van der Waals surface area contributed by atoms with Crippen LogP contribution in [-0.4, -0.2) is 14.2 Å². The van der Waals surface area contributed by atoms with Gasteiger partial charge in [-0.1, -0.05) is 32.4 Å². The molecule has 1 atom stereocenters. The average Bonchev–Trinajstić information content (AvgIpc) is 2.17. The fourth-order valence-corrected chi connectivity index (χ4v) is 3.22. The van der Waals surface area contributed by atoms with Gasteiger partial charge in [-0.2, -0.15) is 0 Å². The highest BCUT2D eigenvalue weighted by Gasteiger charge is 2.19. The molecule has 0 aliphatic rings. The molecule has 0 fully saturated rings. The van der Waals surface area contributed by atoms with Crippen LogP contribution < -0.4 is 5.73 Å². The summed E-state index contributed by atoms with van der Waals surface area (Å²) in [4.78, 5) is 0.255. The lowest BCUT2D eigenvalue weighted by molar-refractivity contribution is 0.564. The van der Waals surface area contributed by atoms with Crippen LogP contribution >= 0.6 is 0 Å². The second kappa shape index (κ2) is 4.66. The van der Waals surface area contributed by atoms with E-state index in [2.05, 4.69) is 0 Å². The van der Waals surface area contributed by atoms with Crippen molar-refractivity contribution in [2.24, 2.45) is 5.92 Å². The van der Waals surface area contributed by atoms with Gasteiger partial charge in [0.1, 0.15) is 0 Å². The molecular weight excluding hydrogens is 210 g/mol. The number of nitrogens with two attached hydrogens (primary N) is 1. The third-order valence-electron chi connectivity index (χ3n) is 2.45. The fourth-order valence-electron chi connectivity index (χ4n) is 1.35. The Labute approximate surface area is 91.2 Å². The third kappa shape index (κ3) is 2.96. The largest absolute Gasteiger partial charge is 0.398 e. The van der Waals surface area contributed by atoms with Crippen molar-refractivity contribution in [1.29, 1.82) is 0 Å². The number of nitrogen functional groups attached to an aromatic ring is 1. The monoisotopic (exact) mass is 227 g/mol. The van der Waals surface area contributed by atoms with Gasteiger partial charge in [0.15, 0.2) is 9.84 Å². The van der Waals surface area contributed by atoms with Crippen molar-refractivity contribution < 1.29 is 8.42 Å². The van der Waals surface area contributed by atoms with Gasteiger partial charge in [-0.15, -0.1) is 0 Å². The van der Waals surface area contributed by atoms with Gasteiger partial charge < -0.3 is 5.73 Å². The zero-order valence-corrected chi connectivity index (χ0v) is 9.92. The van der Waals surface area contributed by atoms with E-state index in [1.807, 2.05) is 13.8 Å². The van der Waals surface area contributed by atoms with Gasteiger partial charge in [-0.25, -0.2) is 8.42 Å². The Morgan fingerprint density at radius 1 is 1.33 bits per heavy atom. The predicted molar refractivity (Wildman–Crippen MR) is 62.4 cm³/mol. The summed E-state index contributed by atoms with van der Waals surface area (Å²) >= 11 is 0. The lowest BCUT2D eigenvalue weighted by Crippen LogP contribution is -2.14. The molecule has 1 aromatic rings. The summed E-state index contributed by atoms with van der Waals surface area (Å²) in [5, 5.41) is 0. The molecule has 0 bridgehead atoms. The molecule has 4 heteroatoms. The fraction of sp³-hybridized carbons (Fsp3) is 0.455. The van der Waals surface area contributed by atoms with E-state index >= 15 is 0 Å². The van der Waals surface area contributed by atoms with Gasteiger partial charge in [0.05, 0.1) is 16.3 Å². The van der Waals surface area contributed by atoms with Crippen LogP contribution in [0.5, 0.6) is 0 Å². The molecule has 84 valence electrons. The van der Waals surface area contributed by atoms with E-state index in [4.69, 9.17) is 5.73 Å². The molecule has 0 radical (unpaired) electrons. The van der Waals surface area contributed by atoms with Crippen molar-refractivity contribution in [3.05, 3.63) is 24.3 Å². The Balaban J connectivity index is 3.02. The first-order valence-electron chi connectivity index (χ1n) is 5.04. The molecule has 0 aromatic heterocycles. The van der Waals surface area contributed by atoms with E-state index < -0.39 is 9.84 Å². The van der Waals surface area contributed by atoms with Crippen LogP contribution in [0, 0.1) is 5.92 Å². The molecule has 1 aromatic carbocycles. The summed E-state index contributed by atoms with van der Waals surface area (Å²) in [6, 6.07) is 6.61. The Hall–Kier alpha value is -1.03. The number of hydrogen-bond donors (Lipinski definition) is 1. The Kier molecular flexibility index (Phi) is 3.74. The molecule has 1 unspecified atom stereocenters. The third-order valence-corrected chi connectivity index (χ3v) is 4.50.